The van der Waals surface area contributed by atoms with Gasteiger partial charge in [0.05, 0.1) is 17.9 Å². The van der Waals surface area contributed by atoms with E-state index in [1.165, 1.54) is 0 Å². The van der Waals surface area contributed by atoms with Crippen LogP contribution >= 0.6 is 15.9 Å². The molecule has 1 aromatic rings. The van der Waals surface area contributed by atoms with Crippen molar-refractivity contribution in [3.63, 3.8) is 0 Å². The molecule has 110 valence electrons. The zero-order chi connectivity index (χ0) is 14.9. The van der Waals surface area contributed by atoms with Crippen molar-refractivity contribution in [2.45, 2.75) is 45.8 Å². The maximum Gasteiger partial charge on any atom is 0.414 e. The lowest BCUT2D eigenvalue weighted by molar-refractivity contribution is 0.122. The monoisotopic (exact) mass is 341 g/mol. The Morgan fingerprint density at radius 3 is 2.85 bits per heavy atom. The number of hydrogen-bond acceptors (Lipinski definition) is 3. The Labute approximate surface area is 127 Å². The van der Waals surface area contributed by atoms with E-state index >= 15 is 0 Å². The van der Waals surface area contributed by atoms with E-state index in [0.29, 0.717) is 13.0 Å². The van der Waals surface area contributed by atoms with Gasteiger partial charge in [0.1, 0.15) is 0 Å². The summed E-state index contributed by atoms with van der Waals surface area (Å²) in [5.41, 5.74) is 2.52. The Bertz CT molecular complexity index is 516. The number of carbonyl (C=O) groups is 1. The van der Waals surface area contributed by atoms with Crippen molar-refractivity contribution in [1.29, 1.82) is 0 Å². The lowest BCUT2D eigenvalue weighted by Gasteiger charge is -2.26. The van der Waals surface area contributed by atoms with E-state index < -0.39 is 6.10 Å². The average molecular weight is 342 g/mol. The van der Waals surface area contributed by atoms with Crippen LogP contribution in [0.25, 0.3) is 0 Å². The number of hydrogen-bond donors (Lipinski definition) is 1. The van der Waals surface area contributed by atoms with Crippen LogP contribution in [0, 0.1) is 6.92 Å². The number of carbonyl (C=O) groups excluding carboxylic acids is 1. The zero-order valence-corrected chi connectivity index (χ0v) is 13.6. The number of anilines is 1. The largest absolute Gasteiger partial charge is 0.446 e. The van der Waals surface area contributed by atoms with E-state index in [9.17, 15) is 9.90 Å². The van der Waals surface area contributed by atoms with Crippen LogP contribution in [0.2, 0.25) is 0 Å². The third kappa shape index (κ3) is 2.99. The molecule has 4 nitrogen and oxygen atoms in total. The van der Waals surface area contributed by atoms with Gasteiger partial charge in [-0.25, -0.2) is 4.79 Å². The summed E-state index contributed by atoms with van der Waals surface area (Å²) in [6, 6.07) is 3.78. The van der Waals surface area contributed by atoms with Gasteiger partial charge in [-0.3, -0.25) is 4.90 Å². The number of amides is 1. The summed E-state index contributed by atoms with van der Waals surface area (Å²) in [4.78, 5) is 13.9. The fourth-order valence-corrected chi connectivity index (χ4v) is 2.80. The molecule has 1 heterocycles. The van der Waals surface area contributed by atoms with Crippen molar-refractivity contribution in [3.05, 3.63) is 27.7 Å². The highest BCUT2D eigenvalue weighted by atomic mass is 79.9. The van der Waals surface area contributed by atoms with Crippen LogP contribution in [0.15, 0.2) is 16.6 Å². The highest BCUT2D eigenvalue weighted by molar-refractivity contribution is 9.10. The molecule has 0 saturated carbocycles. The number of rotatable bonds is 1. The first kappa shape index (κ1) is 15.3. The first-order chi connectivity index (χ1) is 9.41. The fraction of sp³-hybridized carbons (Fsp3) is 0.533. The van der Waals surface area contributed by atoms with Crippen LogP contribution in [0.3, 0.4) is 0 Å². The summed E-state index contributed by atoms with van der Waals surface area (Å²) < 4.78 is 6.25. The van der Waals surface area contributed by atoms with Crippen molar-refractivity contribution in [1.82, 2.24) is 0 Å². The van der Waals surface area contributed by atoms with Gasteiger partial charge in [0.25, 0.3) is 0 Å². The summed E-state index contributed by atoms with van der Waals surface area (Å²) in [7, 11) is 0. The van der Waals surface area contributed by atoms with Gasteiger partial charge < -0.3 is 9.84 Å². The first-order valence-electron chi connectivity index (χ1n) is 6.87. The molecule has 5 heteroatoms. The maximum atomic E-state index is 12.3. The molecule has 1 aromatic carbocycles. The van der Waals surface area contributed by atoms with Gasteiger partial charge in [0.15, 0.2) is 0 Å². The number of ether oxygens (including phenoxy) is 1. The molecule has 0 fully saturated rings. The van der Waals surface area contributed by atoms with Crippen molar-refractivity contribution < 1.29 is 14.6 Å². The average Bonchev–Trinajstić information content (AvgIpc) is 2.53. The molecule has 20 heavy (non-hydrogen) atoms. The molecule has 2 rings (SSSR count). The molecule has 1 atom stereocenters. The summed E-state index contributed by atoms with van der Waals surface area (Å²) in [6.45, 7) is 6.17. The van der Waals surface area contributed by atoms with E-state index in [2.05, 4.69) is 15.9 Å². The van der Waals surface area contributed by atoms with Gasteiger partial charge in [0, 0.05) is 16.6 Å². The second-order valence-corrected chi connectivity index (χ2v) is 6.21. The predicted molar refractivity (Wildman–Crippen MR) is 82.0 cm³/mol. The second kappa shape index (κ2) is 6.14. The number of aliphatic hydroxyl groups is 1. The molecule has 1 aliphatic heterocycles. The molecule has 0 radical (unpaired) electrons. The van der Waals surface area contributed by atoms with Crippen LogP contribution in [0.5, 0.6) is 0 Å². The highest BCUT2D eigenvalue weighted by Gasteiger charge is 2.29. The Morgan fingerprint density at radius 1 is 1.50 bits per heavy atom. The Morgan fingerprint density at radius 2 is 2.20 bits per heavy atom. The minimum atomic E-state index is -0.534. The summed E-state index contributed by atoms with van der Waals surface area (Å²) in [5, 5.41) is 10.2. The molecule has 1 N–H and O–H groups in total. The Hall–Kier alpha value is -1.07. The van der Waals surface area contributed by atoms with E-state index in [1.54, 1.807) is 4.90 Å². The molecule has 0 spiro atoms. The maximum absolute atomic E-state index is 12.3. The molecule has 0 aromatic heterocycles. The molecular weight excluding hydrogens is 322 g/mol. The molecule has 1 unspecified atom stereocenters. The van der Waals surface area contributed by atoms with E-state index in [4.69, 9.17) is 4.74 Å². The summed E-state index contributed by atoms with van der Waals surface area (Å²) in [5.74, 6) is 0. The van der Waals surface area contributed by atoms with Crippen LogP contribution in [0.4, 0.5) is 10.5 Å². The number of benzene rings is 1. The van der Waals surface area contributed by atoms with Gasteiger partial charge in [-0.15, -0.1) is 0 Å². The first-order valence-corrected chi connectivity index (χ1v) is 7.66. The van der Waals surface area contributed by atoms with Gasteiger partial charge in [0.2, 0.25) is 0 Å². The second-order valence-electron chi connectivity index (χ2n) is 5.35. The minimum Gasteiger partial charge on any atom is -0.446 e. The lowest BCUT2D eigenvalue weighted by atomic mass is 10.0. The lowest BCUT2D eigenvalue weighted by Crippen LogP contribution is -2.34. The Kier molecular flexibility index (Phi) is 4.70. The van der Waals surface area contributed by atoms with Gasteiger partial charge in [-0.05, 0) is 45.2 Å². The SMILES string of the molecule is Cc1c(Br)ccc2c1N(C(=O)OC(C)C)CCCC2O. The van der Waals surface area contributed by atoms with E-state index in [0.717, 1.165) is 27.7 Å². The zero-order valence-electron chi connectivity index (χ0n) is 12.0. The van der Waals surface area contributed by atoms with Gasteiger partial charge in [-0.1, -0.05) is 22.0 Å². The van der Waals surface area contributed by atoms with Crippen molar-refractivity contribution in [2.75, 3.05) is 11.4 Å². The number of fused-ring (bicyclic) bond motifs is 1. The molecule has 1 aliphatic rings. The fourth-order valence-electron chi connectivity index (χ4n) is 2.48. The quantitative estimate of drug-likeness (QED) is 0.841. The normalized spacial score (nSPS) is 18.7. The summed E-state index contributed by atoms with van der Waals surface area (Å²) >= 11 is 3.49. The standard InChI is InChI=1S/C15H20BrNO3/c1-9(2)20-15(19)17-8-4-5-13(18)11-6-7-12(16)10(3)14(11)17/h6-7,9,13,18H,4-5,8H2,1-3H3. The summed E-state index contributed by atoms with van der Waals surface area (Å²) in [6.07, 6.45) is 0.358. The molecule has 0 saturated heterocycles. The third-order valence-corrected chi connectivity index (χ3v) is 4.30. The molecule has 0 aliphatic carbocycles. The van der Waals surface area contributed by atoms with Crippen LogP contribution in [-0.2, 0) is 4.74 Å². The smallest absolute Gasteiger partial charge is 0.414 e. The van der Waals surface area contributed by atoms with E-state index in [1.807, 2.05) is 32.9 Å². The number of halogens is 1. The van der Waals surface area contributed by atoms with Crippen molar-refractivity contribution in [3.8, 4) is 0 Å². The number of aliphatic hydroxyl groups excluding tert-OH is 1. The van der Waals surface area contributed by atoms with Crippen molar-refractivity contribution >= 4 is 27.7 Å². The third-order valence-electron chi connectivity index (χ3n) is 3.44. The van der Waals surface area contributed by atoms with E-state index in [-0.39, 0.29) is 12.2 Å². The molecule has 1 amide bonds. The minimum absolute atomic E-state index is 0.161. The predicted octanol–water partition coefficient (Wildman–Crippen LogP) is 3.94. The Balaban J connectivity index is 2.48. The van der Waals surface area contributed by atoms with Crippen molar-refractivity contribution in [2.24, 2.45) is 0 Å². The van der Waals surface area contributed by atoms with Crippen LogP contribution in [0.1, 0.15) is 43.9 Å². The highest BCUT2D eigenvalue weighted by Crippen LogP contribution is 2.38. The number of nitrogens with zero attached hydrogens (tertiary/aromatic N) is 1. The van der Waals surface area contributed by atoms with Crippen LogP contribution < -0.4 is 4.90 Å². The van der Waals surface area contributed by atoms with Gasteiger partial charge >= 0.3 is 6.09 Å². The molecule has 0 bridgehead atoms. The van der Waals surface area contributed by atoms with Crippen LogP contribution in [-0.4, -0.2) is 23.8 Å². The topological polar surface area (TPSA) is 49.8 Å². The molecular formula is C15H20BrNO3. The van der Waals surface area contributed by atoms with Gasteiger partial charge in [-0.2, -0.15) is 0 Å².